The average molecular weight is 551 g/mol. The van der Waals surface area contributed by atoms with Gasteiger partial charge in [-0.15, -0.1) is 24.0 Å². The number of carbonyl (C=O) groups is 1. The molecule has 1 amide bonds. The summed E-state index contributed by atoms with van der Waals surface area (Å²) in [5.41, 5.74) is 2.70. The summed E-state index contributed by atoms with van der Waals surface area (Å²) < 4.78 is 0. The molecular formula is C24H34IN5O2. The molecule has 2 aromatic carbocycles. The monoisotopic (exact) mass is 551 g/mol. The van der Waals surface area contributed by atoms with Gasteiger partial charge in [-0.25, -0.2) is 0 Å². The van der Waals surface area contributed by atoms with E-state index in [1.807, 2.05) is 42.5 Å². The van der Waals surface area contributed by atoms with Crippen LogP contribution in [0.25, 0.3) is 0 Å². The van der Waals surface area contributed by atoms with Crippen LogP contribution in [-0.4, -0.2) is 80.1 Å². The van der Waals surface area contributed by atoms with Gasteiger partial charge in [0.2, 0.25) is 0 Å². The summed E-state index contributed by atoms with van der Waals surface area (Å²) in [6, 6.07) is 15.3. The molecule has 1 heterocycles. The normalized spacial score (nSPS) is 14.0. The average Bonchev–Trinajstić information content (AvgIpc) is 2.78. The molecule has 1 aliphatic rings. The molecule has 3 rings (SSSR count). The standard InChI is InChI=1S/C24H33N5O2.HI/c1-4-25-24(26-13-12-19-8-7-9-20(18-19)23(31)27(2)3)29-16-14-28(15-17-29)21-10-5-6-11-22(21)30;/h5-11,18,30H,4,12-17H2,1-3H3,(H,25,26);1H. The van der Waals surface area contributed by atoms with E-state index in [9.17, 15) is 9.90 Å². The lowest BCUT2D eigenvalue weighted by Gasteiger charge is -2.37. The molecule has 8 heteroatoms. The zero-order valence-corrected chi connectivity index (χ0v) is 21.5. The van der Waals surface area contributed by atoms with Gasteiger partial charge in [-0.3, -0.25) is 9.79 Å². The minimum absolute atomic E-state index is 0. The molecular weight excluding hydrogens is 517 g/mol. The van der Waals surface area contributed by atoms with E-state index < -0.39 is 0 Å². The third-order valence-corrected chi connectivity index (χ3v) is 5.38. The molecule has 1 saturated heterocycles. The number of rotatable bonds is 6. The third kappa shape index (κ3) is 6.75. The lowest BCUT2D eigenvalue weighted by molar-refractivity contribution is 0.0827. The summed E-state index contributed by atoms with van der Waals surface area (Å²) in [5, 5.41) is 13.5. The third-order valence-electron chi connectivity index (χ3n) is 5.38. The molecule has 0 atom stereocenters. The van der Waals surface area contributed by atoms with Crippen molar-refractivity contribution in [2.24, 2.45) is 4.99 Å². The number of phenolic OH excluding ortho intramolecular Hbond substituents is 1. The highest BCUT2D eigenvalue weighted by Gasteiger charge is 2.21. The van der Waals surface area contributed by atoms with Gasteiger partial charge in [0.25, 0.3) is 5.91 Å². The molecule has 0 saturated carbocycles. The van der Waals surface area contributed by atoms with E-state index in [0.717, 1.165) is 56.4 Å². The number of halogens is 1. The number of amides is 1. The number of phenols is 1. The Balaban J connectivity index is 0.00000363. The van der Waals surface area contributed by atoms with Gasteiger partial charge >= 0.3 is 0 Å². The van der Waals surface area contributed by atoms with E-state index >= 15 is 0 Å². The highest BCUT2D eigenvalue weighted by molar-refractivity contribution is 14.0. The number of anilines is 1. The van der Waals surface area contributed by atoms with Crippen LogP contribution in [0, 0.1) is 0 Å². The minimum Gasteiger partial charge on any atom is -0.506 e. The quantitative estimate of drug-likeness (QED) is 0.328. The lowest BCUT2D eigenvalue weighted by Crippen LogP contribution is -2.52. The maximum absolute atomic E-state index is 12.2. The lowest BCUT2D eigenvalue weighted by atomic mass is 10.1. The first kappa shape index (κ1) is 25.8. The Bertz CT molecular complexity index is 911. The predicted octanol–water partition coefficient (Wildman–Crippen LogP) is 3.04. The smallest absolute Gasteiger partial charge is 0.253 e. The van der Waals surface area contributed by atoms with E-state index in [2.05, 4.69) is 22.0 Å². The molecule has 2 aromatic rings. The largest absolute Gasteiger partial charge is 0.506 e. The summed E-state index contributed by atoms with van der Waals surface area (Å²) in [4.78, 5) is 23.1. The maximum Gasteiger partial charge on any atom is 0.253 e. The molecule has 2 N–H and O–H groups in total. The first-order valence-electron chi connectivity index (χ1n) is 10.9. The van der Waals surface area contributed by atoms with Gasteiger partial charge in [0.1, 0.15) is 5.75 Å². The molecule has 0 bridgehead atoms. The van der Waals surface area contributed by atoms with Crippen LogP contribution in [0.1, 0.15) is 22.8 Å². The topological polar surface area (TPSA) is 71.4 Å². The number of hydrogen-bond donors (Lipinski definition) is 2. The second-order valence-corrected chi connectivity index (χ2v) is 7.85. The Morgan fingerprint density at radius 3 is 2.47 bits per heavy atom. The van der Waals surface area contributed by atoms with Crippen molar-refractivity contribution >= 4 is 41.5 Å². The number of benzene rings is 2. The zero-order valence-electron chi connectivity index (χ0n) is 19.1. The first-order valence-corrected chi connectivity index (χ1v) is 10.9. The van der Waals surface area contributed by atoms with Crippen molar-refractivity contribution in [3.63, 3.8) is 0 Å². The van der Waals surface area contributed by atoms with E-state index in [1.165, 1.54) is 0 Å². The number of carbonyl (C=O) groups excluding carboxylic acids is 1. The fourth-order valence-electron chi connectivity index (χ4n) is 3.73. The Morgan fingerprint density at radius 2 is 1.81 bits per heavy atom. The number of guanidine groups is 1. The molecule has 1 fully saturated rings. The summed E-state index contributed by atoms with van der Waals surface area (Å²) in [5.74, 6) is 1.26. The molecule has 32 heavy (non-hydrogen) atoms. The SMILES string of the molecule is CCNC(=NCCc1cccc(C(=O)N(C)C)c1)N1CCN(c2ccccc2O)CC1.I. The van der Waals surface area contributed by atoms with Crippen LogP contribution in [-0.2, 0) is 6.42 Å². The van der Waals surface area contributed by atoms with Crippen molar-refractivity contribution in [3.8, 4) is 5.75 Å². The summed E-state index contributed by atoms with van der Waals surface area (Å²) in [7, 11) is 3.53. The minimum atomic E-state index is 0. The Morgan fingerprint density at radius 1 is 1.09 bits per heavy atom. The second-order valence-electron chi connectivity index (χ2n) is 7.85. The Kier molecular flexibility index (Phi) is 10.1. The van der Waals surface area contributed by atoms with Gasteiger partial charge in [0.15, 0.2) is 5.96 Å². The van der Waals surface area contributed by atoms with E-state index in [-0.39, 0.29) is 29.9 Å². The Labute approximate surface area is 208 Å². The molecule has 0 unspecified atom stereocenters. The van der Waals surface area contributed by atoms with Gasteiger partial charge in [0, 0.05) is 58.9 Å². The van der Waals surface area contributed by atoms with Crippen LogP contribution < -0.4 is 10.2 Å². The molecule has 174 valence electrons. The fraction of sp³-hybridized carbons (Fsp3) is 0.417. The molecule has 0 radical (unpaired) electrons. The number of hydrogen-bond acceptors (Lipinski definition) is 4. The van der Waals surface area contributed by atoms with E-state index in [4.69, 9.17) is 4.99 Å². The second kappa shape index (κ2) is 12.5. The maximum atomic E-state index is 12.2. The number of para-hydroxylation sites is 2. The van der Waals surface area contributed by atoms with Gasteiger partial charge < -0.3 is 25.1 Å². The molecule has 7 nitrogen and oxygen atoms in total. The van der Waals surface area contributed by atoms with Gasteiger partial charge in [0.05, 0.1) is 5.69 Å². The number of nitrogens with one attached hydrogen (secondary N) is 1. The van der Waals surface area contributed by atoms with Crippen molar-refractivity contribution < 1.29 is 9.90 Å². The van der Waals surface area contributed by atoms with Gasteiger partial charge in [-0.05, 0) is 43.2 Å². The van der Waals surface area contributed by atoms with Crippen LogP contribution in [0.15, 0.2) is 53.5 Å². The number of aromatic hydroxyl groups is 1. The van der Waals surface area contributed by atoms with Crippen molar-refractivity contribution in [1.29, 1.82) is 0 Å². The first-order chi connectivity index (χ1) is 15.0. The van der Waals surface area contributed by atoms with Crippen LogP contribution in [0.4, 0.5) is 5.69 Å². The van der Waals surface area contributed by atoms with Crippen LogP contribution >= 0.6 is 24.0 Å². The highest BCUT2D eigenvalue weighted by Crippen LogP contribution is 2.27. The number of nitrogens with zero attached hydrogens (tertiary/aromatic N) is 4. The summed E-state index contributed by atoms with van der Waals surface area (Å²) >= 11 is 0. The van der Waals surface area contributed by atoms with Crippen LogP contribution in [0.2, 0.25) is 0 Å². The van der Waals surface area contributed by atoms with Crippen molar-refractivity contribution in [2.45, 2.75) is 13.3 Å². The van der Waals surface area contributed by atoms with E-state index in [0.29, 0.717) is 17.9 Å². The zero-order chi connectivity index (χ0) is 22.2. The number of piperazine rings is 1. The molecule has 0 spiro atoms. The van der Waals surface area contributed by atoms with Crippen molar-refractivity contribution in [2.75, 3.05) is 58.3 Å². The Hall–Kier alpha value is -2.49. The molecule has 0 aliphatic carbocycles. The fourth-order valence-corrected chi connectivity index (χ4v) is 3.73. The van der Waals surface area contributed by atoms with Crippen LogP contribution in [0.3, 0.4) is 0 Å². The van der Waals surface area contributed by atoms with Crippen molar-refractivity contribution in [3.05, 3.63) is 59.7 Å². The van der Waals surface area contributed by atoms with Gasteiger partial charge in [-0.2, -0.15) is 0 Å². The van der Waals surface area contributed by atoms with Gasteiger partial charge in [-0.1, -0.05) is 24.3 Å². The number of aliphatic imine (C=N–C) groups is 1. The van der Waals surface area contributed by atoms with E-state index in [1.54, 1.807) is 25.1 Å². The summed E-state index contributed by atoms with van der Waals surface area (Å²) in [6.07, 6.45) is 0.779. The molecule has 1 aliphatic heterocycles. The van der Waals surface area contributed by atoms with Crippen molar-refractivity contribution in [1.82, 2.24) is 15.1 Å². The summed E-state index contributed by atoms with van der Waals surface area (Å²) in [6.45, 7) is 6.88. The van der Waals surface area contributed by atoms with Crippen LogP contribution in [0.5, 0.6) is 5.75 Å². The highest BCUT2D eigenvalue weighted by atomic mass is 127. The predicted molar refractivity (Wildman–Crippen MR) is 141 cm³/mol. The molecule has 0 aromatic heterocycles.